The minimum Gasteiger partial charge on any atom is -0.478 e. The normalized spacial score (nSPS) is 15.5. The van der Waals surface area contributed by atoms with E-state index < -0.39 is 6.10 Å². The lowest BCUT2D eigenvalue weighted by molar-refractivity contribution is -0.130. The Hall–Kier alpha value is -2.86. The maximum atomic E-state index is 12.4. The van der Waals surface area contributed by atoms with Crippen molar-refractivity contribution in [1.29, 1.82) is 0 Å². The zero-order valence-corrected chi connectivity index (χ0v) is 16.4. The summed E-state index contributed by atoms with van der Waals surface area (Å²) in [4.78, 5) is 26.9. The molecule has 0 unspecified atom stereocenters. The van der Waals surface area contributed by atoms with Crippen LogP contribution >= 0.6 is 0 Å². The van der Waals surface area contributed by atoms with E-state index in [0.29, 0.717) is 18.0 Å². The molecule has 28 heavy (non-hydrogen) atoms. The fourth-order valence-electron chi connectivity index (χ4n) is 3.23. The van der Waals surface area contributed by atoms with Crippen LogP contribution in [0.1, 0.15) is 31.4 Å². The van der Waals surface area contributed by atoms with E-state index in [2.05, 4.69) is 35.4 Å². The predicted octanol–water partition coefficient (Wildman–Crippen LogP) is 2.93. The minimum atomic E-state index is -0.819. The van der Waals surface area contributed by atoms with Crippen molar-refractivity contribution >= 4 is 17.5 Å². The highest BCUT2D eigenvalue weighted by Gasteiger charge is 2.29. The molecule has 1 aliphatic rings. The lowest BCUT2D eigenvalue weighted by Gasteiger charge is -2.25. The minimum absolute atomic E-state index is 0.0155. The molecular formula is C22H27N3O3. The van der Waals surface area contributed by atoms with Crippen LogP contribution < -0.4 is 15.4 Å². The fraction of sp³-hybridized carbons (Fsp3) is 0.364. The molecule has 2 amide bonds. The molecule has 1 atom stereocenters. The Balaban J connectivity index is 1.57. The van der Waals surface area contributed by atoms with Gasteiger partial charge in [0.1, 0.15) is 5.75 Å². The highest BCUT2D eigenvalue weighted by Crippen LogP contribution is 2.29. The molecule has 2 N–H and O–H groups in total. The van der Waals surface area contributed by atoms with Crippen LogP contribution in [0.25, 0.3) is 0 Å². The number of hydrogen-bond acceptors (Lipinski definition) is 4. The molecule has 0 fully saturated rings. The third kappa shape index (κ3) is 4.89. The number of benzene rings is 2. The van der Waals surface area contributed by atoms with Crippen LogP contribution in [-0.2, 0) is 22.7 Å². The molecule has 6 heteroatoms. The van der Waals surface area contributed by atoms with Gasteiger partial charge in [0.2, 0.25) is 5.91 Å². The first-order valence-corrected chi connectivity index (χ1v) is 9.73. The summed E-state index contributed by atoms with van der Waals surface area (Å²) in [5.41, 5.74) is 2.92. The Labute approximate surface area is 165 Å². The van der Waals surface area contributed by atoms with Gasteiger partial charge in [0.15, 0.2) is 6.10 Å². The molecule has 148 valence electrons. The number of hydrogen-bond donors (Lipinski definition) is 2. The molecule has 0 spiro atoms. The highest BCUT2D eigenvalue weighted by atomic mass is 16.5. The van der Waals surface area contributed by atoms with Gasteiger partial charge >= 0.3 is 0 Å². The molecule has 0 aromatic heterocycles. The van der Waals surface area contributed by atoms with Gasteiger partial charge in [-0.3, -0.25) is 14.5 Å². The van der Waals surface area contributed by atoms with Gasteiger partial charge in [-0.25, -0.2) is 0 Å². The number of nitrogens with zero attached hydrogens (tertiary/aromatic N) is 1. The second-order valence-corrected chi connectivity index (χ2v) is 6.80. The van der Waals surface area contributed by atoms with E-state index in [4.69, 9.17) is 4.74 Å². The second-order valence-electron chi connectivity index (χ2n) is 6.80. The van der Waals surface area contributed by atoms with Crippen LogP contribution in [0.2, 0.25) is 0 Å². The Morgan fingerprint density at radius 2 is 1.75 bits per heavy atom. The predicted molar refractivity (Wildman–Crippen MR) is 109 cm³/mol. The summed E-state index contributed by atoms with van der Waals surface area (Å²) >= 11 is 0. The van der Waals surface area contributed by atoms with E-state index in [1.54, 1.807) is 12.1 Å². The van der Waals surface area contributed by atoms with Crippen LogP contribution in [0.15, 0.2) is 48.5 Å². The number of carbonyl (C=O) groups is 2. The molecule has 0 bridgehead atoms. The molecule has 2 aromatic rings. The lowest BCUT2D eigenvalue weighted by atomic mass is 10.1. The Morgan fingerprint density at radius 1 is 1.07 bits per heavy atom. The van der Waals surface area contributed by atoms with Crippen LogP contribution in [0, 0.1) is 0 Å². The third-order valence-corrected chi connectivity index (χ3v) is 4.96. The van der Waals surface area contributed by atoms with Crippen LogP contribution in [-0.4, -0.2) is 35.9 Å². The van der Waals surface area contributed by atoms with Gasteiger partial charge in [0, 0.05) is 13.1 Å². The maximum Gasteiger partial charge on any atom is 0.266 e. The Kier molecular flexibility index (Phi) is 6.66. The molecule has 0 aliphatic carbocycles. The van der Waals surface area contributed by atoms with E-state index in [0.717, 1.165) is 25.2 Å². The molecular weight excluding hydrogens is 354 g/mol. The monoisotopic (exact) mass is 381 g/mol. The van der Waals surface area contributed by atoms with Crippen molar-refractivity contribution in [2.45, 2.75) is 39.5 Å². The zero-order chi connectivity index (χ0) is 19.9. The summed E-state index contributed by atoms with van der Waals surface area (Å²) in [5, 5.41) is 5.71. The van der Waals surface area contributed by atoms with Gasteiger partial charge in [0.25, 0.3) is 5.91 Å². The number of carbonyl (C=O) groups excluding carboxylic acids is 2. The van der Waals surface area contributed by atoms with Gasteiger partial charge in [0.05, 0.1) is 12.1 Å². The summed E-state index contributed by atoms with van der Waals surface area (Å²) in [6.45, 7) is 7.52. The van der Waals surface area contributed by atoms with Crippen molar-refractivity contribution in [1.82, 2.24) is 10.2 Å². The van der Waals surface area contributed by atoms with E-state index >= 15 is 0 Å². The summed E-state index contributed by atoms with van der Waals surface area (Å²) in [5.74, 6) is 0.0809. The number of nitrogens with one attached hydrogen (secondary N) is 2. The van der Waals surface area contributed by atoms with Crippen molar-refractivity contribution < 1.29 is 14.3 Å². The van der Waals surface area contributed by atoms with E-state index in [-0.39, 0.29) is 18.2 Å². The average molecular weight is 381 g/mol. The van der Waals surface area contributed by atoms with Crippen LogP contribution in [0.3, 0.4) is 0 Å². The number of rotatable bonds is 8. The number of para-hydroxylation sites is 2. The van der Waals surface area contributed by atoms with Crippen LogP contribution in [0.5, 0.6) is 5.75 Å². The first-order chi connectivity index (χ1) is 13.6. The van der Waals surface area contributed by atoms with Gasteiger partial charge < -0.3 is 15.4 Å². The first-order valence-electron chi connectivity index (χ1n) is 9.73. The molecule has 0 radical (unpaired) electrons. The number of anilines is 1. The Morgan fingerprint density at radius 3 is 2.50 bits per heavy atom. The topological polar surface area (TPSA) is 70.7 Å². The molecule has 0 saturated carbocycles. The maximum absolute atomic E-state index is 12.4. The average Bonchev–Trinajstić information content (AvgIpc) is 2.71. The SMILES string of the molecule is CCN(CC)Cc1ccccc1CNC(=O)C[C@@H]1Oc2ccccc2NC1=O. The van der Waals surface area contributed by atoms with Gasteiger partial charge in [-0.15, -0.1) is 0 Å². The lowest BCUT2D eigenvalue weighted by Crippen LogP contribution is -2.40. The van der Waals surface area contributed by atoms with Gasteiger partial charge in [-0.05, 0) is 36.3 Å². The summed E-state index contributed by atoms with van der Waals surface area (Å²) in [6, 6.07) is 15.3. The fourth-order valence-corrected chi connectivity index (χ4v) is 3.23. The third-order valence-electron chi connectivity index (χ3n) is 4.96. The summed E-state index contributed by atoms with van der Waals surface area (Å²) in [6.07, 6.45) is -0.834. The summed E-state index contributed by atoms with van der Waals surface area (Å²) < 4.78 is 5.69. The number of ether oxygens (including phenoxy) is 1. The Bertz CT molecular complexity index is 833. The van der Waals surface area contributed by atoms with Crippen molar-refractivity contribution in [2.75, 3.05) is 18.4 Å². The molecule has 1 aliphatic heterocycles. The first kappa shape index (κ1) is 19.9. The van der Waals surface area contributed by atoms with Crippen molar-refractivity contribution in [3.05, 3.63) is 59.7 Å². The number of fused-ring (bicyclic) bond motifs is 1. The largest absolute Gasteiger partial charge is 0.478 e. The molecule has 6 nitrogen and oxygen atoms in total. The molecule has 0 saturated heterocycles. The van der Waals surface area contributed by atoms with E-state index in [1.807, 2.05) is 30.3 Å². The van der Waals surface area contributed by atoms with Crippen LogP contribution in [0.4, 0.5) is 5.69 Å². The molecule has 3 rings (SSSR count). The van der Waals surface area contributed by atoms with E-state index in [9.17, 15) is 9.59 Å². The number of amides is 2. The summed E-state index contributed by atoms with van der Waals surface area (Å²) in [7, 11) is 0. The van der Waals surface area contributed by atoms with E-state index in [1.165, 1.54) is 5.56 Å². The standard InChI is InChI=1S/C22H27N3O3/c1-3-25(4-2)15-17-10-6-5-9-16(17)14-23-21(26)13-20-22(27)24-18-11-7-8-12-19(18)28-20/h5-12,20H,3-4,13-15H2,1-2H3,(H,23,26)(H,24,27)/t20-/m0/s1. The molecule has 1 heterocycles. The van der Waals surface area contributed by atoms with Gasteiger partial charge in [-0.1, -0.05) is 50.2 Å². The highest BCUT2D eigenvalue weighted by molar-refractivity contribution is 5.99. The quantitative estimate of drug-likeness (QED) is 0.738. The smallest absolute Gasteiger partial charge is 0.266 e. The van der Waals surface area contributed by atoms with Crippen molar-refractivity contribution in [3.63, 3.8) is 0 Å². The van der Waals surface area contributed by atoms with Crippen molar-refractivity contribution in [2.24, 2.45) is 0 Å². The van der Waals surface area contributed by atoms with Crippen molar-refractivity contribution in [3.8, 4) is 5.75 Å². The zero-order valence-electron chi connectivity index (χ0n) is 16.4. The van der Waals surface area contributed by atoms with Gasteiger partial charge in [-0.2, -0.15) is 0 Å². The molecule has 2 aromatic carbocycles. The second kappa shape index (κ2) is 9.37.